The number of carbonyl (C=O) groups excluding carboxylic acids is 4. The highest BCUT2D eigenvalue weighted by Gasteiger charge is 2.31. The fourth-order valence-corrected chi connectivity index (χ4v) is 6.09. The summed E-state index contributed by atoms with van der Waals surface area (Å²) >= 11 is 0. The first-order chi connectivity index (χ1) is 37.4. The minimum Gasteiger partial charge on any atom is -0.481 e. The van der Waals surface area contributed by atoms with E-state index in [9.17, 15) is 74.1 Å². The van der Waals surface area contributed by atoms with Gasteiger partial charge in [-0.3, -0.25) is 28.8 Å². The van der Waals surface area contributed by atoms with E-state index in [1.54, 1.807) is 0 Å². The maximum absolute atomic E-state index is 13.1. The Morgan fingerprint density at radius 2 is 0.692 bits per heavy atom. The summed E-state index contributed by atoms with van der Waals surface area (Å²) in [5, 5.41) is 90.0. The van der Waals surface area contributed by atoms with Gasteiger partial charge in [0.15, 0.2) is 69.7 Å². The van der Waals surface area contributed by atoms with Crippen LogP contribution in [0.4, 0.5) is 23.3 Å². The van der Waals surface area contributed by atoms with E-state index in [0.29, 0.717) is 78.5 Å². The van der Waals surface area contributed by atoms with Gasteiger partial charge in [0.05, 0.1) is 64.7 Å². The van der Waals surface area contributed by atoms with Gasteiger partial charge in [0, 0.05) is 93.9 Å². The molecule has 0 saturated carbocycles. The molecule has 4 unspecified atom stereocenters. The van der Waals surface area contributed by atoms with Crippen LogP contribution in [0.15, 0.2) is 0 Å². The molecule has 0 aliphatic carbocycles. The van der Waals surface area contributed by atoms with Gasteiger partial charge in [-0.2, -0.15) is 0 Å². The molecule has 2 aromatic heterocycles. The average molecular weight is 1120 g/mol. The summed E-state index contributed by atoms with van der Waals surface area (Å²) in [6.45, 7) is 0.539. The molecule has 32 heteroatoms. The third-order valence-corrected chi connectivity index (χ3v) is 10.3. The lowest BCUT2D eigenvalue weighted by Crippen LogP contribution is -2.44. The number of anilines is 4. The molecule has 0 aliphatic heterocycles. The predicted molar refractivity (Wildman–Crippen MR) is 272 cm³/mol. The second kappa shape index (κ2) is 40.3. The highest BCUT2D eigenvalue weighted by atomic mass is 16.5. The van der Waals surface area contributed by atoms with Gasteiger partial charge in [-0.1, -0.05) is 0 Å². The fraction of sp³-hybridized carbons (Fsp3) is 0.652. The quantitative estimate of drug-likeness (QED) is 0.0244. The Bertz CT molecular complexity index is 2040. The summed E-state index contributed by atoms with van der Waals surface area (Å²) in [6.07, 6.45) is 0.694. The number of carboxylic acid groups (broad SMARTS) is 4. The van der Waals surface area contributed by atoms with Gasteiger partial charge in [0.25, 0.3) is 11.8 Å². The zero-order valence-corrected chi connectivity index (χ0v) is 43.9. The highest BCUT2D eigenvalue weighted by molar-refractivity contribution is 6.05. The monoisotopic (exact) mass is 1120 g/mol. The lowest BCUT2D eigenvalue weighted by Gasteiger charge is -2.18. The Hall–Kier alpha value is -6.88. The standard InChI is InChI=1S/C25H41N5O12.C21H33N5O10/c1-39-9-11-41-7-3-5-26-21-19(18(33)13-16(14-31)24(35)36)29-22(27-6-4-8-42-12-10-40-2)20(30-21)23(34)28-17(15-32)25(37)38;1-35-7-3-5-22-17-15(14(29)9-12(10-27)20(31)32)25-18(23-6-4-8-36-2)16(26-17)19(30)24-13(11-28)21(33)34/h16-17,31-32H,3-15H2,1-2H3,(H,26,30)(H,27,29)(H,28,34)(H,35,36)(H,37,38);12-13,27-28H,3-11H2,1-2H3,(H,22,26)(H,23,25)(H,24,30)(H,31,32)(H,33,34). The summed E-state index contributed by atoms with van der Waals surface area (Å²) < 4.78 is 30.6. The summed E-state index contributed by atoms with van der Waals surface area (Å²) in [5.41, 5.74) is -1.28. The molecule has 0 saturated heterocycles. The van der Waals surface area contributed by atoms with Gasteiger partial charge in [0.2, 0.25) is 0 Å². The van der Waals surface area contributed by atoms with Crippen LogP contribution in [0.25, 0.3) is 0 Å². The number of nitrogens with one attached hydrogen (secondary N) is 6. The minimum absolute atomic E-state index is 0.137. The van der Waals surface area contributed by atoms with Crippen molar-refractivity contribution in [3.05, 3.63) is 22.8 Å². The van der Waals surface area contributed by atoms with Crippen LogP contribution in [0.1, 0.15) is 80.5 Å². The number of carboxylic acids is 4. The molecule has 0 aromatic carbocycles. The van der Waals surface area contributed by atoms with Crippen LogP contribution in [-0.2, 0) is 47.6 Å². The van der Waals surface area contributed by atoms with Gasteiger partial charge < -0.3 is 101 Å². The molecule has 14 N–H and O–H groups in total. The summed E-state index contributed by atoms with van der Waals surface area (Å²) in [7, 11) is 6.08. The normalized spacial score (nSPS) is 12.4. The first-order valence-electron chi connectivity index (χ1n) is 24.3. The number of hydrogen-bond acceptors (Lipinski definition) is 26. The van der Waals surface area contributed by atoms with Crippen LogP contribution in [0.2, 0.25) is 0 Å². The van der Waals surface area contributed by atoms with E-state index in [1.165, 1.54) is 28.4 Å². The van der Waals surface area contributed by atoms with E-state index in [-0.39, 0.29) is 72.2 Å². The molecular weight excluding hydrogens is 1040 g/mol. The third-order valence-electron chi connectivity index (χ3n) is 10.3. The van der Waals surface area contributed by atoms with E-state index in [1.807, 2.05) is 0 Å². The number of Topliss-reactive ketones (excluding diaryl/α,β-unsaturated/α-hetero) is 2. The van der Waals surface area contributed by atoms with E-state index >= 15 is 0 Å². The van der Waals surface area contributed by atoms with Crippen molar-refractivity contribution in [2.45, 2.75) is 50.6 Å². The molecule has 0 fully saturated rings. The number of aliphatic hydroxyl groups is 4. The molecule has 4 atom stereocenters. The van der Waals surface area contributed by atoms with E-state index < -0.39 is 110 Å². The molecule has 2 aromatic rings. The molecule has 440 valence electrons. The zero-order chi connectivity index (χ0) is 58.4. The van der Waals surface area contributed by atoms with Gasteiger partial charge >= 0.3 is 23.9 Å². The number of nitrogens with zero attached hydrogens (tertiary/aromatic N) is 4. The van der Waals surface area contributed by atoms with Crippen molar-refractivity contribution in [1.29, 1.82) is 0 Å². The number of hydrogen-bond donors (Lipinski definition) is 14. The molecule has 0 radical (unpaired) electrons. The van der Waals surface area contributed by atoms with Crippen LogP contribution in [-0.4, -0.2) is 254 Å². The number of rotatable bonds is 44. The lowest BCUT2D eigenvalue weighted by atomic mass is 10.0. The number of aliphatic carboxylic acids is 4. The number of ether oxygens (including phenoxy) is 6. The Balaban J connectivity index is 0.000000789. The van der Waals surface area contributed by atoms with Crippen molar-refractivity contribution in [1.82, 2.24) is 30.6 Å². The van der Waals surface area contributed by atoms with Crippen LogP contribution in [0.3, 0.4) is 0 Å². The average Bonchev–Trinajstić information content (AvgIpc) is 3.42. The van der Waals surface area contributed by atoms with Gasteiger partial charge in [-0.15, -0.1) is 0 Å². The number of aliphatic hydroxyl groups excluding tert-OH is 4. The molecule has 2 amide bonds. The van der Waals surface area contributed by atoms with Crippen LogP contribution >= 0.6 is 0 Å². The van der Waals surface area contributed by atoms with Crippen LogP contribution in [0.5, 0.6) is 0 Å². The highest BCUT2D eigenvalue weighted by Crippen LogP contribution is 2.24. The first-order valence-corrected chi connectivity index (χ1v) is 24.3. The predicted octanol–water partition coefficient (Wildman–Crippen LogP) is -2.34. The van der Waals surface area contributed by atoms with Gasteiger partial charge in [0.1, 0.15) is 0 Å². The van der Waals surface area contributed by atoms with Crippen molar-refractivity contribution in [3.63, 3.8) is 0 Å². The van der Waals surface area contributed by atoms with Crippen LogP contribution in [0, 0.1) is 11.8 Å². The minimum atomic E-state index is -1.64. The van der Waals surface area contributed by atoms with E-state index in [2.05, 4.69) is 51.8 Å². The number of amides is 2. The summed E-state index contributed by atoms with van der Waals surface area (Å²) in [5.74, 6) is -12.6. The Morgan fingerprint density at radius 3 is 0.962 bits per heavy atom. The Kier molecular flexibility index (Phi) is 35.8. The summed E-state index contributed by atoms with van der Waals surface area (Å²) in [6, 6.07) is -3.25. The Morgan fingerprint density at radius 1 is 0.397 bits per heavy atom. The van der Waals surface area contributed by atoms with Crippen molar-refractivity contribution >= 4 is 70.5 Å². The number of ketones is 2. The second-order valence-corrected chi connectivity index (χ2v) is 16.3. The largest absolute Gasteiger partial charge is 0.481 e. The van der Waals surface area contributed by atoms with E-state index in [0.717, 1.165) is 0 Å². The van der Waals surface area contributed by atoms with Crippen LogP contribution < -0.4 is 31.9 Å². The van der Waals surface area contributed by atoms with Gasteiger partial charge in [-0.05, 0) is 25.7 Å². The molecule has 32 nitrogen and oxygen atoms in total. The third kappa shape index (κ3) is 26.0. The van der Waals surface area contributed by atoms with Crippen molar-refractivity contribution < 1.29 is 108 Å². The van der Waals surface area contributed by atoms with E-state index in [4.69, 9.17) is 33.5 Å². The molecular formula is C46H74N10O22. The molecule has 2 rings (SSSR count). The van der Waals surface area contributed by atoms with Crippen molar-refractivity contribution in [2.24, 2.45) is 11.8 Å². The number of carbonyl (C=O) groups is 8. The number of methoxy groups -OCH3 is 4. The smallest absolute Gasteiger partial charge is 0.328 e. The van der Waals surface area contributed by atoms with Gasteiger partial charge in [-0.25, -0.2) is 29.5 Å². The SMILES string of the molecule is COCCCNc1nc(C(=O)NC(CO)C(=O)O)c(NCCCOC)nc1C(=O)CC(CO)C(=O)O.COCCOCCCNc1nc(C(=O)NC(CO)C(=O)O)c(NCCCOCCOC)nc1C(=O)CC(CO)C(=O)O. The first kappa shape index (κ1) is 69.1. The molecule has 78 heavy (non-hydrogen) atoms. The molecule has 0 aliphatic rings. The topological polar surface area (TPSA) is 478 Å². The maximum atomic E-state index is 13.1. The van der Waals surface area contributed by atoms with Crippen molar-refractivity contribution in [2.75, 3.05) is 155 Å². The fourth-order valence-electron chi connectivity index (χ4n) is 6.09. The second-order valence-electron chi connectivity index (χ2n) is 16.3. The lowest BCUT2D eigenvalue weighted by molar-refractivity contribution is -0.143. The maximum Gasteiger partial charge on any atom is 0.328 e. The zero-order valence-electron chi connectivity index (χ0n) is 43.9. The molecule has 0 spiro atoms. The number of aromatic nitrogens is 4. The molecule has 0 bridgehead atoms. The Labute approximate surface area is 448 Å². The molecule has 2 heterocycles. The summed E-state index contributed by atoms with van der Waals surface area (Å²) in [4.78, 5) is 114. The van der Waals surface area contributed by atoms with Crippen molar-refractivity contribution in [3.8, 4) is 0 Å².